The fraction of sp³-hybridized carbons (Fsp3) is 0.300. The summed E-state index contributed by atoms with van der Waals surface area (Å²) in [4.78, 5) is 12.2. The minimum absolute atomic E-state index is 0.0786. The van der Waals surface area contributed by atoms with Gasteiger partial charge in [0.25, 0.3) is 0 Å². The van der Waals surface area contributed by atoms with Crippen LogP contribution in [0.2, 0.25) is 0 Å². The van der Waals surface area contributed by atoms with Crippen LogP contribution in [0.1, 0.15) is 0 Å². The normalized spacial score (nSPS) is 19.6. The molecule has 0 aliphatic carbocycles. The zero-order chi connectivity index (χ0) is 12.6. The third kappa shape index (κ3) is 2.25. The Balaban J connectivity index is 2.38. The van der Waals surface area contributed by atoms with E-state index in [9.17, 15) is 13.6 Å². The molecular weight excluding hydrogens is 300 g/mol. The van der Waals surface area contributed by atoms with E-state index in [1.807, 2.05) is 0 Å². The van der Waals surface area contributed by atoms with E-state index in [1.54, 1.807) is 0 Å². The van der Waals surface area contributed by atoms with Gasteiger partial charge < -0.3 is 9.84 Å². The number of aliphatic hydroxyl groups is 1. The average Bonchev–Trinajstić information content (AvgIpc) is 2.59. The Bertz CT molecular complexity index is 446. The molecule has 0 radical (unpaired) electrons. The summed E-state index contributed by atoms with van der Waals surface area (Å²) in [5, 5.41) is 8.83. The maximum Gasteiger partial charge on any atom is 0.415 e. The standard InChI is InChI=1S/C10H8BrF2NO3/c11-5-1-7(12)9(8(13)2-5)14-3-6(4-15)17-10(14)16/h1-2,6,15H,3-4H2. The molecule has 0 aromatic heterocycles. The zero-order valence-corrected chi connectivity index (χ0v) is 10.1. The Labute approximate surface area is 104 Å². The first-order valence-corrected chi connectivity index (χ1v) is 5.55. The highest BCUT2D eigenvalue weighted by atomic mass is 79.9. The number of nitrogens with zero attached hydrogens (tertiary/aromatic N) is 1. The first-order chi connectivity index (χ1) is 8.02. The number of carbonyl (C=O) groups is 1. The second-order valence-corrected chi connectivity index (χ2v) is 4.43. The number of rotatable bonds is 2. The molecule has 7 heteroatoms. The molecule has 1 atom stereocenters. The predicted octanol–water partition coefficient (Wildman–Crippen LogP) is 2.04. The van der Waals surface area contributed by atoms with Gasteiger partial charge in [-0.05, 0) is 12.1 Å². The maximum atomic E-state index is 13.6. The van der Waals surface area contributed by atoms with Gasteiger partial charge in [-0.1, -0.05) is 15.9 Å². The lowest BCUT2D eigenvalue weighted by atomic mass is 10.2. The topological polar surface area (TPSA) is 49.8 Å². The molecule has 0 saturated carbocycles. The molecule has 1 heterocycles. The van der Waals surface area contributed by atoms with E-state index in [0.717, 1.165) is 17.0 Å². The van der Waals surface area contributed by atoms with Crippen molar-refractivity contribution in [3.8, 4) is 0 Å². The van der Waals surface area contributed by atoms with Crippen LogP contribution in [0.5, 0.6) is 0 Å². The minimum atomic E-state index is -0.871. The van der Waals surface area contributed by atoms with Crippen LogP contribution in [0.4, 0.5) is 19.3 Å². The molecule has 1 aromatic carbocycles. The van der Waals surface area contributed by atoms with Crippen molar-refractivity contribution in [3.05, 3.63) is 28.2 Å². The molecule has 1 aromatic rings. The number of amides is 1. The monoisotopic (exact) mass is 307 g/mol. The van der Waals surface area contributed by atoms with Gasteiger partial charge in [0, 0.05) is 4.47 Å². The van der Waals surface area contributed by atoms with Crippen LogP contribution in [0.15, 0.2) is 16.6 Å². The van der Waals surface area contributed by atoms with Gasteiger partial charge in [0.2, 0.25) is 0 Å². The van der Waals surface area contributed by atoms with Crippen LogP contribution in [-0.2, 0) is 4.74 Å². The van der Waals surface area contributed by atoms with Crippen LogP contribution < -0.4 is 4.90 Å². The Kier molecular flexibility index (Phi) is 3.30. The lowest BCUT2D eigenvalue weighted by molar-refractivity contribution is 0.0963. The molecule has 92 valence electrons. The van der Waals surface area contributed by atoms with Crippen molar-refractivity contribution in [2.75, 3.05) is 18.1 Å². The summed E-state index contributed by atoms with van der Waals surface area (Å²) in [6.45, 7) is -0.465. The van der Waals surface area contributed by atoms with Crippen molar-refractivity contribution in [1.82, 2.24) is 0 Å². The summed E-state index contributed by atoms with van der Waals surface area (Å²) >= 11 is 2.94. The Hall–Kier alpha value is -1.21. The summed E-state index contributed by atoms with van der Waals surface area (Å²) in [7, 11) is 0. The molecular formula is C10H8BrF2NO3. The van der Waals surface area contributed by atoms with Crippen LogP contribution in [-0.4, -0.2) is 30.5 Å². The van der Waals surface area contributed by atoms with E-state index in [2.05, 4.69) is 15.9 Å². The highest BCUT2D eigenvalue weighted by Gasteiger charge is 2.35. The number of aliphatic hydroxyl groups excluding tert-OH is 1. The molecule has 0 bridgehead atoms. The lowest BCUT2D eigenvalue weighted by Crippen LogP contribution is -2.27. The van der Waals surface area contributed by atoms with Crippen molar-refractivity contribution in [2.24, 2.45) is 0 Å². The number of ether oxygens (including phenoxy) is 1. The van der Waals surface area contributed by atoms with E-state index in [1.165, 1.54) is 0 Å². The molecule has 17 heavy (non-hydrogen) atoms. The fourth-order valence-corrected chi connectivity index (χ4v) is 1.99. The molecule has 1 unspecified atom stereocenters. The van der Waals surface area contributed by atoms with Gasteiger partial charge in [0.1, 0.15) is 11.8 Å². The summed E-state index contributed by atoms with van der Waals surface area (Å²) in [6.07, 6.45) is -1.63. The Morgan fingerprint density at radius 1 is 1.47 bits per heavy atom. The average molecular weight is 308 g/mol. The van der Waals surface area contributed by atoms with Gasteiger partial charge in [-0.25, -0.2) is 13.6 Å². The number of hydrogen-bond acceptors (Lipinski definition) is 3. The number of anilines is 1. The second kappa shape index (κ2) is 4.58. The highest BCUT2D eigenvalue weighted by Crippen LogP contribution is 2.30. The number of hydrogen-bond donors (Lipinski definition) is 1. The largest absolute Gasteiger partial charge is 0.441 e. The smallest absolute Gasteiger partial charge is 0.415 e. The van der Waals surface area contributed by atoms with Gasteiger partial charge in [-0.15, -0.1) is 0 Å². The molecule has 2 rings (SSSR count). The van der Waals surface area contributed by atoms with Crippen LogP contribution in [0.25, 0.3) is 0 Å². The molecule has 1 aliphatic heterocycles. The quantitative estimate of drug-likeness (QED) is 0.909. The summed E-state index contributed by atoms with van der Waals surface area (Å²) in [5.41, 5.74) is -0.464. The molecule has 4 nitrogen and oxygen atoms in total. The number of halogens is 3. The van der Waals surface area contributed by atoms with E-state index in [4.69, 9.17) is 9.84 Å². The predicted molar refractivity (Wildman–Crippen MR) is 58.8 cm³/mol. The van der Waals surface area contributed by atoms with E-state index >= 15 is 0 Å². The second-order valence-electron chi connectivity index (χ2n) is 3.52. The van der Waals surface area contributed by atoms with Crippen LogP contribution in [0, 0.1) is 11.6 Å². The first-order valence-electron chi connectivity index (χ1n) is 4.76. The Morgan fingerprint density at radius 2 is 2.06 bits per heavy atom. The van der Waals surface area contributed by atoms with E-state index < -0.39 is 29.5 Å². The number of cyclic esters (lactones) is 1. The summed E-state index contributed by atoms with van der Waals surface area (Å²) < 4.78 is 32.1. The van der Waals surface area contributed by atoms with Crippen molar-refractivity contribution < 1.29 is 23.4 Å². The van der Waals surface area contributed by atoms with Crippen molar-refractivity contribution in [2.45, 2.75) is 6.10 Å². The van der Waals surface area contributed by atoms with Crippen molar-refractivity contribution >= 4 is 27.7 Å². The van der Waals surface area contributed by atoms with Crippen molar-refractivity contribution in [1.29, 1.82) is 0 Å². The maximum absolute atomic E-state index is 13.6. The highest BCUT2D eigenvalue weighted by molar-refractivity contribution is 9.10. The number of carbonyl (C=O) groups excluding carboxylic acids is 1. The molecule has 1 aliphatic rings. The van der Waals surface area contributed by atoms with Gasteiger partial charge in [-0.2, -0.15) is 0 Å². The van der Waals surface area contributed by atoms with E-state index in [0.29, 0.717) is 0 Å². The van der Waals surface area contributed by atoms with Crippen molar-refractivity contribution in [3.63, 3.8) is 0 Å². The van der Waals surface area contributed by atoms with Gasteiger partial charge >= 0.3 is 6.09 Å². The third-order valence-electron chi connectivity index (χ3n) is 2.33. The first kappa shape index (κ1) is 12.3. The number of benzene rings is 1. The summed E-state index contributed by atoms with van der Waals surface area (Å²) in [6, 6.07) is 2.11. The molecule has 1 fully saturated rings. The molecule has 1 N–H and O–H groups in total. The lowest BCUT2D eigenvalue weighted by Gasteiger charge is -2.14. The summed E-state index contributed by atoms with van der Waals surface area (Å²) in [5.74, 6) is -1.74. The molecule has 0 spiro atoms. The minimum Gasteiger partial charge on any atom is -0.441 e. The molecule has 1 amide bonds. The van der Waals surface area contributed by atoms with E-state index in [-0.39, 0.29) is 17.6 Å². The Morgan fingerprint density at radius 3 is 2.53 bits per heavy atom. The fourth-order valence-electron chi connectivity index (χ4n) is 1.59. The van der Waals surface area contributed by atoms with Gasteiger partial charge in [-0.3, -0.25) is 4.90 Å². The van der Waals surface area contributed by atoms with Crippen LogP contribution >= 0.6 is 15.9 Å². The van der Waals surface area contributed by atoms with Gasteiger partial charge in [0.05, 0.1) is 13.2 Å². The zero-order valence-electron chi connectivity index (χ0n) is 8.49. The van der Waals surface area contributed by atoms with Crippen LogP contribution in [0.3, 0.4) is 0 Å². The third-order valence-corrected chi connectivity index (χ3v) is 2.79. The van der Waals surface area contributed by atoms with Gasteiger partial charge in [0.15, 0.2) is 11.6 Å². The molecule has 1 saturated heterocycles. The SMILES string of the molecule is O=C1OC(CO)CN1c1c(F)cc(Br)cc1F.